The van der Waals surface area contributed by atoms with E-state index in [1.807, 2.05) is 0 Å². The molecule has 24 heavy (non-hydrogen) atoms. The molecule has 1 aliphatic rings. The average Bonchev–Trinajstić information content (AvgIpc) is 2.96. The Morgan fingerprint density at radius 3 is 2.54 bits per heavy atom. The Morgan fingerprint density at radius 2 is 1.96 bits per heavy atom. The van der Waals surface area contributed by atoms with Gasteiger partial charge in [0.05, 0.1) is 0 Å². The quantitative estimate of drug-likeness (QED) is 0.879. The molecule has 8 heteroatoms. The number of nitrogen functional groups attached to an aromatic ring is 1. The number of nitrogens with one attached hydrogen (secondary N) is 1. The van der Waals surface area contributed by atoms with Crippen molar-refractivity contribution in [2.75, 3.05) is 21.9 Å². The molecule has 1 aromatic carbocycles. The average molecular weight is 346 g/mol. The number of aryl methyl sites for hydroxylation is 1. The highest BCUT2D eigenvalue weighted by atomic mass is 32.2. The molecule has 0 atom stereocenters. The number of rotatable bonds is 4. The molecule has 1 aliphatic heterocycles. The van der Waals surface area contributed by atoms with Crippen LogP contribution in [-0.4, -0.2) is 25.9 Å². The zero-order chi connectivity index (χ0) is 17.3. The fraction of sp³-hybridized carbons (Fsp3) is 0.250. The molecular formula is C16H18N4O3S. The van der Waals surface area contributed by atoms with E-state index < -0.39 is 10.0 Å². The molecule has 0 spiro atoms. The van der Waals surface area contributed by atoms with Crippen molar-refractivity contribution in [3.05, 3.63) is 42.1 Å². The van der Waals surface area contributed by atoms with Crippen LogP contribution in [0.4, 0.5) is 17.2 Å². The zero-order valence-corrected chi connectivity index (χ0v) is 14.0. The molecule has 0 radical (unpaired) electrons. The zero-order valence-electron chi connectivity index (χ0n) is 13.2. The maximum Gasteiger partial charge on any atom is 0.263 e. The van der Waals surface area contributed by atoms with E-state index in [2.05, 4.69) is 9.71 Å². The van der Waals surface area contributed by atoms with Gasteiger partial charge < -0.3 is 10.6 Å². The van der Waals surface area contributed by atoms with Gasteiger partial charge in [0.15, 0.2) is 0 Å². The van der Waals surface area contributed by atoms with Crippen LogP contribution in [0.5, 0.6) is 0 Å². The van der Waals surface area contributed by atoms with Crippen molar-refractivity contribution in [1.29, 1.82) is 0 Å². The Kier molecular flexibility index (Phi) is 4.15. The third kappa shape index (κ3) is 3.18. The van der Waals surface area contributed by atoms with Gasteiger partial charge in [0, 0.05) is 30.5 Å². The van der Waals surface area contributed by atoms with Gasteiger partial charge in [-0.1, -0.05) is 0 Å². The molecule has 1 amide bonds. The van der Waals surface area contributed by atoms with E-state index in [4.69, 9.17) is 5.73 Å². The Hall–Kier alpha value is -2.61. The van der Waals surface area contributed by atoms with Crippen molar-refractivity contribution in [2.24, 2.45) is 0 Å². The number of pyridine rings is 1. The highest BCUT2D eigenvalue weighted by Gasteiger charge is 2.22. The SMILES string of the molecule is Cc1cc(S(=O)(=O)Nc2ccc(N3CCCC3=O)cc2)cnc1N. The first-order chi connectivity index (χ1) is 11.4. The molecule has 0 aliphatic carbocycles. The number of nitrogens with zero attached hydrogens (tertiary/aromatic N) is 2. The van der Waals surface area contributed by atoms with Crippen molar-refractivity contribution in [1.82, 2.24) is 4.98 Å². The Bertz CT molecular complexity index is 879. The molecule has 2 heterocycles. The minimum atomic E-state index is -3.74. The van der Waals surface area contributed by atoms with E-state index in [0.29, 0.717) is 30.0 Å². The molecule has 126 valence electrons. The summed E-state index contributed by atoms with van der Waals surface area (Å²) in [4.78, 5) is 17.4. The van der Waals surface area contributed by atoms with E-state index >= 15 is 0 Å². The smallest absolute Gasteiger partial charge is 0.263 e. The van der Waals surface area contributed by atoms with E-state index in [1.165, 1.54) is 12.3 Å². The standard InChI is InChI=1S/C16H18N4O3S/c1-11-9-14(10-18-16(11)17)24(22,23)19-12-4-6-13(7-5-12)20-8-2-3-15(20)21/h4-7,9-10,19H,2-3,8H2,1H3,(H2,17,18). The summed E-state index contributed by atoms with van der Waals surface area (Å²) in [6.07, 6.45) is 2.62. The molecule has 3 N–H and O–H groups in total. The summed E-state index contributed by atoms with van der Waals surface area (Å²) in [7, 11) is -3.74. The Balaban J connectivity index is 1.80. The molecule has 3 rings (SSSR count). The van der Waals surface area contributed by atoms with Crippen LogP contribution < -0.4 is 15.4 Å². The van der Waals surface area contributed by atoms with Crippen molar-refractivity contribution in [3.63, 3.8) is 0 Å². The van der Waals surface area contributed by atoms with E-state index in [-0.39, 0.29) is 10.8 Å². The van der Waals surface area contributed by atoms with Crippen LogP contribution in [0.1, 0.15) is 18.4 Å². The normalized spacial score (nSPS) is 14.9. The van der Waals surface area contributed by atoms with Crippen LogP contribution in [0.15, 0.2) is 41.4 Å². The summed E-state index contributed by atoms with van der Waals surface area (Å²) >= 11 is 0. The summed E-state index contributed by atoms with van der Waals surface area (Å²) in [5.41, 5.74) is 7.40. The lowest BCUT2D eigenvalue weighted by molar-refractivity contribution is -0.117. The van der Waals surface area contributed by atoms with Gasteiger partial charge in [0.25, 0.3) is 10.0 Å². The van der Waals surface area contributed by atoms with Crippen LogP contribution in [0, 0.1) is 6.92 Å². The second kappa shape index (κ2) is 6.12. The Labute approximate surface area is 140 Å². The first-order valence-corrected chi connectivity index (χ1v) is 9.00. The second-order valence-corrected chi connectivity index (χ2v) is 7.36. The third-order valence-corrected chi connectivity index (χ3v) is 5.26. The summed E-state index contributed by atoms with van der Waals surface area (Å²) in [5.74, 6) is 0.389. The fourth-order valence-corrected chi connectivity index (χ4v) is 3.64. The number of hydrogen-bond acceptors (Lipinski definition) is 5. The van der Waals surface area contributed by atoms with Crippen LogP contribution in [0.25, 0.3) is 0 Å². The van der Waals surface area contributed by atoms with Crippen LogP contribution in [-0.2, 0) is 14.8 Å². The van der Waals surface area contributed by atoms with Crippen molar-refractivity contribution in [3.8, 4) is 0 Å². The molecule has 2 aromatic rings. The fourth-order valence-electron chi connectivity index (χ4n) is 2.55. The van der Waals surface area contributed by atoms with Gasteiger partial charge >= 0.3 is 0 Å². The first-order valence-electron chi connectivity index (χ1n) is 7.52. The van der Waals surface area contributed by atoms with Crippen LogP contribution in [0.2, 0.25) is 0 Å². The van der Waals surface area contributed by atoms with Crippen molar-refractivity contribution in [2.45, 2.75) is 24.7 Å². The number of sulfonamides is 1. The molecule has 0 saturated carbocycles. The van der Waals surface area contributed by atoms with E-state index in [9.17, 15) is 13.2 Å². The summed E-state index contributed by atoms with van der Waals surface area (Å²) < 4.78 is 27.3. The summed E-state index contributed by atoms with van der Waals surface area (Å²) in [5, 5.41) is 0. The molecular weight excluding hydrogens is 328 g/mol. The van der Waals surface area contributed by atoms with Gasteiger partial charge in [0.2, 0.25) is 5.91 Å². The van der Waals surface area contributed by atoms with E-state index in [1.54, 1.807) is 36.1 Å². The molecule has 7 nitrogen and oxygen atoms in total. The number of nitrogens with two attached hydrogens (primary N) is 1. The first kappa shape index (κ1) is 16.3. The molecule has 1 fully saturated rings. The van der Waals surface area contributed by atoms with Crippen LogP contribution >= 0.6 is 0 Å². The molecule has 0 bridgehead atoms. The largest absolute Gasteiger partial charge is 0.383 e. The predicted octanol–water partition coefficient (Wildman–Crippen LogP) is 1.90. The van der Waals surface area contributed by atoms with Gasteiger partial charge in [0.1, 0.15) is 10.7 Å². The van der Waals surface area contributed by atoms with E-state index in [0.717, 1.165) is 12.1 Å². The maximum absolute atomic E-state index is 12.4. The van der Waals surface area contributed by atoms with Gasteiger partial charge in [-0.25, -0.2) is 13.4 Å². The van der Waals surface area contributed by atoms with Gasteiger partial charge in [-0.3, -0.25) is 9.52 Å². The summed E-state index contributed by atoms with van der Waals surface area (Å²) in [6.45, 7) is 2.39. The predicted molar refractivity (Wildman–Crippen MR) is 92.2 cm³/mol. The summed E-state index contributed by atoms with van der Waals surface area (Å²) in [6, 6.07) is 8.20. The van der Waals surface area contributed by atoms with Crippen LogP contribution in [0.3, 0.4) is 0 Å². The highest BCUT2D eigenvalue weighted by molar-refractivity contribution is 7.92. The monoisotopic (exact) mass is 346 g/mol. The second-order valence-electron chi connectivity index (χ2n) is 5.67. The van der Waals surface area contributed by atoms with Crippen molar-refractivity contribution >= 4 is 33.1 Å². The number of aromatic nitrogens is 1. The number of benzene rings is 1. The number of hydrogen-bond donors (Lipinski definition) is 2. The highest BCUT2D eigenvalue weighted by Crippen LogP contribution is 2.24. The Morgan fingerprint density at radius 1 is 1.25 bits per heavy atom. The topological polar surface area (TPSA) is 105 Å². The molecule has 1 saturated heterocycles. The minimum Gasteiger partial charge on any atom is -0.383 e. The number of carbonyl (C=O) groups is 1. The number of amides is 1. The number of carbonyl (C=O) groups excluding carboxylic acids is 1. The van der Waals surface area contributed by atoms with Crippen molar-refractivity contribution < 1.29 is 13.2 Å². The lowest BCUT2D eigenvalue weighted by atomic mass is 10.2. The molecule has 0 unspecified atom stereocenters. The van der Waals surface area contributed by atoms with Gasteiger partial charge in [-0.2, -0.15) is 0 Å². The minimum absolute atomic E-state index is 0.0491. The lowest BCUT2D eigenvalue weighted by Gasteiger charge is -2.16. The maximum atomic E-state index is 12.4. The molecule has 1 aromatic heterocycles. The third-order valence-electron chi connectivity index (χ3n) is 3.91. The number of anilines is 3. The lowest BCUT2D eigenvalue weighted by Crippen LogP contribution is -2.23. The van der Waals surface area contributed by atoms with Gasteiger partial charge in [-0.05, 0) is 49.2 Å². The van der Waals surface area contributed by atoms with Gasteiger partial charge in [-0.15, -0.1) is 0 Å².